The van der Waals surface area contributed by atoms with Crippen molar-refractivity contribution in [3.63, 3.8) is 0 Å². The van der Waals surface area contributed by atoms with Crippen LogP contribution >= 0.6 is 31.9 Å². The molecule has 0 aliphatic carbocycles. The predicted molar refractivity (Wildman–Crippen MR) is 118 cm³/mol. The molecule has 2 N–H and O–H groups in total. The Morgan fingerprint density at radius 3 is 1.89 bits per heavy atom. The Hall–Kier alpha value is -1.66. The third-order valence-electron chi connectivity index (χ3n) is 5.10. The standard InChI is InChI=1S/C22H24Br2O4/c1-3-4-5-6-16(20-12-15(24)8-10-18(20)22(27)28)13(2)19-11-14(23)7-9-17(19)21(25)26/h7-13,16H,3-6H2,1-2H3,(H,25,26)(H,27,28). The summed E-state index contributed by atoms with van der Waals surface area (Å²) in [6.45, 7) is 4.11. The molecule has 0 heterocycles. The summed E-state index contributed by atoms with van der Waals surface area (Å²) in [6, 6.07) is 10.3. The van der Waals surface area contributed by atoms with Crippen LogP contribution in [0.4, 0.5) is 0 Å². The lowest BCUT2D eigenvalue weighted by molar-refractivity contribution is 0.0682. The minimum Gasteiger partial charge on any atom is -0.478 e. The van der Waals surface area contributed by atoms with Gasteiger partial charge >= 0.3 is 11.9 Å². The molecule has 0 aromatic heterocycles. The van der Waals surface area contributed by atoms with E-state index in [1.165, 1.54) is 0 Å². The van der Waals surface area contributed by atoms with Gasteiger partial charge in [0, 0.05) is 8.95 Å². The molecule has 2 unspecified atom stereocenters. The number of rotatable bonds is 9. The zero-order valence-electron chi connectivity index (χ0n) is 15.9. The number of halogens is 2. The maximum Gasteiger partial charge on any atom is 0.335 e. The highest BCUT2D eigenvalue weighted by Gasteiger charge is 2.28. The lowest BCUT2D eigenvalue weighted by Gasteiger charge is -2.28. The summed E-state index contributed by atoms with van der Waals surface area (Å²) in [5.74, 6) is -2.22. The molecule has 2 atom stereocenters. The zero-order valence-corrected chi connectivity index (χ0v) is 19.1. The number of carboxylic acid groups (broad SMARTS) is 2. The SMILES string of the molecule is CCCCCC(c1cc(Br)ccc1C(=O)O)C(C)c1cc(Br)ccc1C(=O)O. The Labute approximate surface area is 182 Å². The topological polar surface area (TPSA) is 74.6 Å². The third-order valence-corrected chi connectivity index (χ3v) is 6.09. The number of aromatic carboxylic acids is 2. The molecule has 0 radical (unpaired) electrons. The van der Waals surface area contributed by atoms with Gasteiger partial charge < -0.3 is 10.2 Å². The molecule has 150 valence electrons. The Bertz CT molecular complexity index is 864. The van der Waals surface area contributed by atoms with E-state index in [0.29, 0.717) is 5.56 Å². The molecule has 0 spiro atoms. The van der Waals surface area contributed by atoms with Crippen molar-refractivity contribution in [2.45, 2.75) is 51.4 Å². The first-order valence-electron chi connectivity index (χ1n) is 9.31. The Morgan fingerprint density at radius 2 is 1.39 bits per heavy atom. The lowest BCUT2D eigenvalue weighted by atomic mass is 9.76. The molecule has 0 saturated carbocycles. The molecule has 0 fully saturated rings. The van der Waals surface area contributed by atoms with Crippen molar-refractivity contribution in [2.75, 3.05) is 0 Å². The second-order valence-corrected chi connectivity index (χ2v) is 8.80. The quantitative estimate of drug-likeness (QED) is 0.353. The molecule has 28 heavy (non-hydrogen) atoms. The highest BCUT2D eigenvalue weighted by Crippen LogP contribution is 2.41. The average molecular weight is 512 g/mol. The Kier molecular flexibility index (Phi) is 8.25. The normalized spacial score (nSPS) is 13.1. The van der Waals surface area contributed by atoms with Gasteiger partial charge in [0.05, 0.1) is 11.1 Å². The van der Waals surface area contributed by atoms with Crippen LogP contribution in [0.3, 0.4) is 0 Å². The summed E-state index contributed by atoms with van der Waals surface area (Å²) in [5.41, 5.74) is 1.97. The minimum atomic E-state index is -0.977. The van der Waals surface area contributed by atoms with E-state index in [9.17, 15) is 19.8 Å². The van der Waals surface area contributed by atoms with Gasteiger partial charge in [0.2, 0.25) is 0 Å². The van der Waals surface area contributed by atoms with Crippen LogP contribution in [0, 0.1) is 0 Å². The van der Waals surface area contributed by atoms with Crippen LogP contribution in [0.25, 0.3) is 0 Å². The molecule has 2 aromatic carbocycles. The van der Waals surface area contributed by atoms with E-state index < -0.39 is 11.9 Å². The summed E-state index contributed by atoms with van der Waals surface area (Å²) in [7, 11) is 0. The first-order chi connectivity index (χ1) is 13.3. The fourth-order valence-corrected chi connectivity index (χ4v) is 4.40. The van der Waals surface area contributed by atoms with Crippen molar-refractivity contribution < 1.29 is 19.8 Å². The lowest BCUT2D eigenvalue weighted by Crippen LogP contribution is -2.16. The van der Waals surface area contributed by atoms with Crippen LogP contribution in [0.1, 0.15) is 83.2 Å². The second-order valence-electron chi connectivity index (χ2n) is 6.96. The minimum absolute atomic E-state index is 0.109. The highest BCUT2D eigenvalue weighted by molar-refractivity contribution is 9.10. The van der Waals surface area contributed by atoms with Crippen molar-refractivity contribution in [3.05, 3.63) is 67.6 Å². The van der Waals surface area contributed by atoms with Crippen molar-refractivity contribution in [1.82, 2.24) is 0 Å². The van der Waals surface area contributed by atoms with E-state index >= 15 is 0 Å². The van der Waals surface area contributed by atoms with Gasteiger partial charge in [-0.05, 0) is 65.8 Å². The predicted octanol–water partition coefficient (Wildman–Crippen LogP) is 7.08. The Balaban J connectivity index is 2.59. The maximum atomic E-state index is 11.8. The molecular formula is C22H24Br2O4. The van der Waals surface area contributed by atoms with E-state index in [1.54, 1.807) is 24.3 Å². The molecule has 0 amide bonds. The first-order valence-corrected chi connectivity index (χ1v) is 10.9. The van der Waals surface area contributed by atoms with E-state index in [1.807, 2.05) is 19.1 Å². The Morgan fingerprint density at radius 1 is 0.893 bits per heavy atom. The number of benzene rings is 2. The molecule has 0 aliphatic rings. The zero-order chi connectivity index (χ0) is 20.8. The largest absolute Gasteiger partial charge is 0.478 e. The summed E-state index contributed by atoms with van der Waals surface area (Å²) in [4.78, 5) is 23.6. The number of carbonyl (C=O) groups is 2. The summed E-state index contributed by atoms with van der Waals surface area (Å²) in [5, 5.41) is 19.3. The number of unbranched alkanes of at least 4 members (excludes halogenated alkanes) is 2. The van der Waals surface area contributed by atoms with Gasteiger partial charge in [-0.25, -0.2) is 9.59 Å². The van der Waals surface area contributed by atoms with E-state index in [2.05, 4.69) is 38.8 Å². The molecule has 6 heteroatoms. The number of hydrogen-bond donors (Lipinski definition) is 2. The highest BCUT2D eigenvalue weighted by atomic mass is 79.9. The summed E-state index contributed by atoms with van der Waals surface area (Å²) in [6.07, 6.45) is 3.84. The van der Waals surface area contributed by atoms with Crippen molar-refractivity contribution in [3.8, 4) is 0 Å². The molecular weight excluding hydrogens is 488 g/mol. The van der Waals surface area contributed by atoms with Crippen LogP contribution in [-0.2, 0) is 0 Å². The summed E-state index contributed by atoms with van der Waals surface area (Å²) >= 11 is 6.89. The van der Waals surface area contributed by atoms with Gasteiger partial charge in [0.1, 0.15) is 0 Å². The fourth-order valence-electron chi connectivity index (χ4n) is 3.65. The van der Waals surface area contributed by atoms with E-state index in [-0.39, 0.29) is 23.0 Å². The first kappa shape index (κ1) is 22.6. The third kappa shape index (κ3) is 5.45. The van der Waals surface area contributed by atoms with Gasteiger partial charge in [-0.3, -0.25) is 0 Å². The fraction of sp³-hybridized carbons (Fsp3) is 0.364. The maximum absolute atomic E-state index is 11.8. The van der Waals surface area contributed by atoms with Crippen LogP contribution < -0.4 is 0 Å². The monoisotopic (exact) mass is 510 g/mol. The second kappa shape index (κ2) is 10.2. The van der Waals surface area contributed by atoms with Crippen LogP contribution in [0.2, 0.25) is 0 Å². The van der Waals surface area contributed by atoms with Crippen molar-refractivity contribution >= 4 is 43.8 Å². The average Bonchev–Trinajstić information content (AvgIpc) is 2.64. The van der Waals surface area contributed by atoms with Gasteiger partial charge in [-0.2, -0.15) is 0 Å². The van der Waals surface area contributed by atoms with Crippen LogP contribution in [0.5, 0.6) is 0 Å². The molecule has 2 rings (SSSR count). The van der Waals surface area contributed by atoms with Crippen molar-refractivity contribution in [1.29, 1.82) is 0 Å². The smallest absolute Gasteiger partial charge is 0.335 e. The van der Waals surface area contributed by atoms with E-state index in [4.69, 9.17) is 0 Å². The molecule has 0 saturated heterocycles. The molecule has 2 aromatic rings. The van der Waals surface area contributed by atoms with E-state index in [0.717, 1.165) is 40.2 Å². The van der Waals surface area contributed by atoms with Gasteiger partial charge in [-0.15, -0.1) is 0 Å². The number of hydrogen-bond acceptors (Lipinski definition) is 2. The van der Waals surface area contributed by atoms with Crippen LogP contribution in [0.15, 0.2) is 45.3 Å². The molecule has 0 bridgehead atoms. The van der Waals surface area contributed by atoms with Gasteiger partial charge in [-0.1, -0.05) is 65.0 Å². The van der Waals surface area contributed by atoms with Gasteiger partial charge in [0.15, 0.2) is 0 Å². The number of carboxylic acids is 2. The molecule has 4 nitrogen and oxygen atoms in total. The molecule has 0 aliphatic heterocycles. The van der Waals surface area contributed by atoms with Crippen LogP contribution in [-0.4, -0.2) is 22.2 Å². The summed E-state index contributed by atoms with van der Waals surface area (Å²) < 4.78 is 1.62. The van der Waals surface area contributed by atoms with Crippen molar-refractivity contribution in [2.24, 2.45) is 0 Å². The van der Waals surface area contributed by atoms with Gasteiger partial charge in [0.25, 0.3) is 0 Å².